The van der Waals surface area contributed by atoms with Crippen LogP contribution in [-0.4, -0.2) is 29.6 Å². The molecule has 2 aromatic heterocycles. The summed E-state index contributed by atoms with van der Waals surface area (Å²) in [5, 5.41) is 6.48. The van der Waals surface area contributed by atoms with Crippen LogP contribution < -0.4 is 10.6 Å². The molecular weight excluding hydrogens is 441 g/mol. The van der Waals surface area contributed by atoms with E-state index in [1.807, 2.05) is 19.1 Å². The summed E-state index contributed by atoms with van der Waals surface area (Å²) in [7, 11) is -3.29. The van der Waals surface area contributed by atoms with E-state index in [4.69, 9.17) is 0 Å². The fourth-order valence-corrected chi connectivity index (χ4v) is 3.91. The molecule has 2 heterocycles. The minimum Gasteiger partial charge on any atom is -0.363 e. The Morgan fingerprint density at radius 1 is 0.879 bits per heavy atom. The maximum Gasteiger partial charge on any atom is 0.175 e. The van der Waals surface area contributed by atoms with Gasteiger partial charge in [-0.05, 0) is 60.0 Å². The van der Waals surface area contributed by atoms with Gasteiger partial charge in [0.1, 0.15) is 23.3 Å². The minimum atomic E-state index is -3.29. The Balaban J connectivity index is 1.69. The van der Waals surface area contributed by atoms with Gasteiger partial charge in [-0.1, -0.05) is 24.3 Å². The molecule has 1 atom stereocenters. The lowest BCUT2D eigenvalue weighted by atomic mass is 10.1. The number of nitrogens with zero attached hydrogens (tertiary/aromatic N) is 3. The Morgan fingerprint density at radius 3 is 2.21 bits per heavy atom. The van der Waals surface area contributed by atoms with Crippen molar-refractivity contribution in [3.63, 3.8) is 0 Å². The maximum absolute atomic E-state index is 13.3. The third-order valence-corrected chi connectivity index (χ3v) is 6.12. The average molecular weight is 464 g/mol. The molecular formula is C24H22FN5O2S. The first-order chi connectivity index (χ1) is 15.8. The first-order valence-corrected chi connectivity index (χ1v) is 12.0. The van der Waals surface area contributed by atoms with E-state index < -0.39 is 9.84 Å². The smallest absolute Gasteiger partial charge is 0.175 e. The molecule has 0 aliphatic carbocycles. The van der Waals surface area contributed by atoms with Crippen LogP contribution in [-0.2, 0) is 9.84 Å². The van der Waals surface area contributed by atoms with E-state index >= 15 is 0 Å². The zero-order chi connectivity index (χ0) is 23.4. The second-order valence-corrected chi connectivity index (χ2v) is 9.57. The van der Waals surface area contributed by atoms with Crippen molar-refractivity contribution < 1.29 is 12.8 Å². The number of aromatic nitrogens is 3. The molecule has 0 aliphatic rings. The standard InChI is InChI=1S/C24H22FN5O2S/c1-16(17-3-7-20(25)8-4-17)28-22-13-19(18-5-9-21(10-6-18)33(2,31)32)14-23(29-22)30-24-15-26-11-12-27-24/h3-16H,1-2H3,(H2,27,28,29,30)/t16-/m0/s1. The van der Waals surface area contributed by atoms with Crippen LogP contribution in [0.15, 0.2) is 84.1 Å². The minimum absolute atomic E-state index is 0.134. The molecule has 2 N–H and O–H groups in total. The molecule has 0 amide bonds. The second-order valence-electron chi connectivity index (χ2n) is 7.56. The van der Waals surface area contributed by atoms with E-state index in [1.54, 1.807) is 55.0 Å². The normalized spacial score (nSPS) is 12.2. The molecule has 0 unspecified atom stereocenters. The highest BCUT2D eigenvalue weighted by Gasteiger charge is 2.12. The first kappa shape index (κ1) is 22.3. The molecule has 0 aliphatic heterocycles. The van der Waals surface area contributed by atoms with Gasteiger partial charge < -0.3 is 10.6 Å². The van der Waals surface area contributed by atoms with E-state index in [-0.39, 0.29) is 16.8 Å². The molecule has 9 heteroatoms. The van der Waals surface area contributed by atoms with Gasteiger partial charge in [-0.3, -0.25) is 4.98 Å². The summed E-state index contributed by atoms with van der Waals surface area (Å²) in [6.45, 7) is 1.96. The number of hydrogen-bond acceptors (Lipinski definition) is 7. The molecule has 7 nitrogen and oxygen atoms in total. The Morgan fingerprint density at radius 2 is 1.58 bits per heavy atom. The number of benzene rings is 2. The van der Waals surface area contributed by atoms with Crippen molar-refractivity contribution in [2.75, 3.05) is 16.9 Å². The van der Waals surface area contributed by atoms with Crippen molar-refractivity contribution in [3.8, 4) is 11.1 Å². The van der Waals surface area contributed by atoms with Gasteiger partial charge >= 0.3 is 0 Å². The van der Waals surface area contributed by atoms with Crippen molar-refractivity contribution in [1.29, 1.82) is 0 Å². The van der Waals surface area contributed by atoms with Crippen molar-refractivity contribution in [3.05, 3.63) is 90.6 Å². The lowest BCUT2D eigenvalue weighted by molar-refractivity contribution is 0.602. The number of halogens is 1. The van der Waals surface area contributed by atoms with Gasteiger partial charge in [-0.2, -0.15) is 0 Å². The summed E-state index contributed by atoms with van der Waals surface area (Å²) in [5.74, 6) is 1.36. The monoisotopic (exact) mass is 463 g/mol. The van der Waals surface area contributed by atoms with E-state index in [9.17, 15) is 12.8 Å². The first-order valence-electron chi connectivity index (χ1n) is 10.2. The summed E-state index contributed by atoms with van der Waals surface area (Å²) in [6, 6.07) is 16.5. The fourth-order valence-electron chi connectivity index (χ4n) is 3.28. The highest BCUT2D eigenvalue weighted by Crippen LogP contribution is 2.29. The van der Waals surface area contributed by atoms with Crippen LogP contribution in [0.4, 0.5) is 21.8 Å². The zero-order valence-corrected chi connectivity index (χ0v) is 18.8. The Hall–Kier alpha value is -3.85. The third kappa shape index (κ3) is 5.69. The molecule has 0 saturated heterocycles. The predicted octanol–water partition coefficient (Wildman–Crippen LogP) is 5.00. The number of sulfone groups is 1. The Labute approximate surface area is 191 Å². The molecule has 168 valence electrons. The van der Waals surface area contributed by atoms with Crippen molar-refractivity contribution in [2.24, 2.45) is 0 Å². The van der Waals surface area contributed by atoms with Gasteiger partial charge in [0.05, 0.1) is 11.1 Å². The number of hydrogen-bond donors (Lipinski definition) is 2. The van der Waals surface area contributed by atoms with Crippen LogP contribution in [0.5, 0.6) is 0 Å². The Bertz CT molecular complexity index is 1350. The number of rotatable bonds is 7. The second kappa shape index (κ2) is 9.33. The van der Waals surface area contributed by atoms with E-state index in [1.165, 1.54) is 18.4 Å². The van der Waals surface area contributed by atoms with Crippen LogP contribution in [0.2, 0.25) is 0 Å². The van der Waals surface area contributed by atoms with Gasteiger partial charge in [0.2, 0.25) is 0 Å². The summed E-state index contributed by atoms with van der Waals surface area (Å²) < 4.78 is 36.9. The highest BCUT2D eigenvalue weighted by atomic mass is 32.2. The summed E-state index contributed by atoms with van der Waals surface area (Å²) in [4.78, 5) is 13.2. The van der Waals surface area contributed by atoms with E-state index in [0.29, 0.717) is 17.5 Å². The molecule has 4 aromatic rings. The molecule has 0 bridgehead atoms. The van der Waals surface area contributed by atoms with Crippen LogP contribution in [0.25, 0.3) is 11.1 Å². The topological polar surface area (TPSA) is 96.9 Å². The predicted molar refractivity (Wildman–Crippen MR) is 127 cm³/mol. The zero-order valence-electron chi connectivity index (χ0n) is 18.0. The highest BCUT2D eigenvalue weighted by molar-refractivity contribution is 7.90. The van der Waals surface area contributed by atoms with Crippen LogP contribution in [0.3, 0.4) is 0 Å². The number of pyridine rings is 1. The van der Waals surface area contributed by atoms with Gasteiger partial charge in [-0.15, -0.1) is 0 Å². The quantitative estimate of drug-likeness (QED) is 0.398. The lowest BCUT2D eigenvalue weighted by Crippen LogP contribution is -2.09. The summed E-state index contributed by atoms with van der Waals surface area (Å²) >= 11 is 0. The van der Waals surface area contributed by atoms with Crippen LogP contribution in [0, 0.1) is 5.82 Å². The van der Waals surface area contributed by atoms with E-state index in [0.717, 1.165) is 16.7 Å². The largest absolute Gasteiger partial charge is 0.363 e. The van der Waals surface area contributed by atoms with Gasteiger partial charge in [0.25, 0.3) is 0 Å². The fraction of sp³-hybridized carbons (Fsp3) is 0.125. The summed E-state index contributed by atoms with van der Waals surface area (Å²) in [5.41, 5.74) is 2.55. The molecule has 0 fully saturated rings. The molecule has 0 radical (unpaired) electrons. The maximum atomic E-state index is 13.3. The summed E-state index contributed by atoms with van der Waals surface area (Å²) in [6.07, 6.45) is 5.92. The average Bonchev–Trinajstić information content (AvgIpc) is 2.79. The van der Waals surface area contributed by atoms with Gasteiger partial charge in [0.15, 0.2) is 9.84 Å². The third-order valence-electron chi connectivity index (χ3n) is 4.99. The van der Waals surface area contributed by atoms with Crippen molar-refractivity contribution in [1.82, 2.24) is 15.0 Å². The lowest BCUT2D eigenvalue weighted by Gasteiger charge is -2.17. The number of anilines is 3. The Kier molecular flexibility index (Phi) is 6.32. The van der Waals surface area contributed by atoms with Crippen LogP contribution in [0.1, 0.15) is 18.5 Å². The van der Waals surface area contributed by atoms with E-state index in [2.05, 4.69) is 25.6 Å². The molecule has 33 heavy (non-hydrogen) atoms. The number of nitrogens with one attached hydrogen (secondary N) is 2. The van der Waals surface area contributed by atoms with Gasteiger partial charge in [0, 0.05) is 24.7 Å². The molecule has 4 rings (SSSR count). The van der Waals surface area contributed by atoms with Crippen molar-refractivity contribution >= 4 is 27.3 Å². The van der Waals surface area contributed by atoms with Gasteiger partial charge in [-0.25, -0.2) is 22.8 Å². The molecule has 2 aromatic carbocycles. The molecule has 0 spiro atoms. The van der Waals surface area contributed by atoms with Crippen LogP contribution >= 0.6 is 0 Å². The van der Waals surface area contributed by atoms with Crippen molar-refractivity contribution in [2.45, 2.75) is 17.9 Å². The molecule has 0 saturated carbocycles. The SMILES string of the molecule is C[C@H](Nc1cc(-c2ccc(S(C)(=O)=O)cc2)cc(Nc2cnccn2)n1)c1ccc(F)cc1.